The molecule has 0 unspecified atom stereocenters. The summed E-state index contributed by atoms with van der Waals surface area (Å²) in [5.41, 5.74) is 0.446. The average molecular weight is 312 g/mol. The van der Waals surface area contributed by atoms with Gasteiger partial charge < -0.3 is 10.1 Å². The normalized spacial score (nSPS) is 11.8. The first kappa shape index (κ1) is 15.3. The summed E-state index contributed by atoms with van der Waals surface area (Å²) < 4.78 is 31.1. The van der Waals surface area contributed by atoms with E-state index in [1.54, 1.807) is 0 Å². The quantitative estimate of drug-likeness (QED) is 0.926. The van der Waals surface area contributed by atoms with Crippen LogP contribution in [0.15, 0.2) is 42.5 Å². The molecule has 2 rings (SSSR count). The van der Waals surface area contributed by atoms with Gasteiger partial charge in [-0.1, -0.05) is 11.6 Å². The van der Waals surface area contributed by atoms with Crippen LogP contribution in [0.3, 0.4) is 0 Å². The summed E-state index contributed by atoms with van der Waals surface area (Å²) in [5.74, 6) is -1.10. The van der Waals surface area contributed by atoms with Crippen molar-refractivity contribution in [1.29, 1.82) is 0 Å². The summed E-state index contributed by atoms with van der Waals surface area (Å²) >= 11 is 5.82. The van der Waals surface area contributed by atoms with Gasteiger partial charge in [0.1, 0.15) is 17.4 Å². The minimum atomic E-state index is -0.849. The summed E-state index contributed by atoms with van der Waals surface area (Å²) in [5, 5.41) is 2.65. The molecule has 6 heteroatoms. The molecule has 110 valence electrons. The first-order chi connectivity index (χ1) is 9.95. The Labute approximate surface area is 125 Å². The van der Waals surface area contributed by atoms with Crippen LogP contribution in [0.1, 0.15) is 6.92 Å². The largest absolute Gasteiger partial charge is 0.479 e. The lowest BCUT2D eigenvalue weighted by Crippen LogP contribution is -2.30. The number of hydrogen-bond donors (Lipinski definition) is 1. The second-order valence-corrected chi connectivity index (χ2v) is 4.74. The van der Waals surface area contributed by atoms with Gasteiger partial charge in [-0.2, -0.15) is 0 Å². The Morgan fingerprint density at radius 2 is 1.76 bits per heavy atom. The third-order valence-electron chi connectivity index (χ3n) is 2.68. The number of benzene rings is 2. The van der Waals surface area contributed by atoms with Crippen LogP contribution in [0.5, 0.6) is 5.75 Å². The van der Waals surface area contributed by atoms with Crippen molar-refractivity contribution in [3.05, 3.63) is 59.1 Å². The molecule has 0 fully saturated rings. The highest BCUT2D eigenvalue weighted by molar-refractivity contribution is 6.32. The number of halogens is 3. The number of nitrogens with one attached hydrogen (secondary N) is 1. The highest BCUT2D eigenvalue weighted by Crippen LogP contribution is 2.26. The molecule has 21 heavy (non-hydrogen) atoms. The fraction of sp³-hybridized carbons (Fsp3) is 0.133. The van der Waals surface area contributed by atoms with Gasteiger partial charge in [-0.25, -0.2) is 8.78 Å². The molecule has 0 aliphatic rings. The number of rotatable bonds is 4. The summed E-state index contributed by atoms with van der Waals surface area (Å²) in [6.45, 7) is 1.53. The molecule has 2 aromatic carbocycles. The van der Waals surface area contributed by atoms with E-state index >= 15 is 0 Å². The van der Waals surface area contributed by atoms with Crippen molar-refractivity contribution in [2.45, 2.75) is 13.0 Å². The second-order valence-electron chi connectivity index (χ2n) is 4.33. The molecule has 1 amide bonds. The van der Waals surface area contributed by atoms with Gasteiger partial charge >= 0.3 is 0 Å². The van der Waals surface area contributed by atoms with E-state index in [9.17, 15) is 13.6 Å². The summed E-state index contributed by atoms with van der Waals surface area (Å²) in [4.78, 5) is 11.9. The van der Waals surface area contributed by atoms with E-state index in [0.29, 0.717) is 5.69 Å². The maximum absolute atomic E-state index is 12.9. The lowest BCUT2D eigenvalue weighted by molar-refractivity contribution is -0.122. The van der Waals surface area contributed by atoms with E-state index in [4.69, 9.17) is 16.3 Å². The van der Waals surface area contributed by atoms with Crippen LogP contribution in [0.4, 0.5) is 14.5 Å². The van der Waals surface area contributed by atoms with Crippen molar-refractivity contribution < 1.29 is 18.3 Å². The van der Waals surface area contributed by atoms with Gasteiger partial charge in [0.05, 0.1) is 5.02 Å². The third kappa shape index (κ3) is 4.16. The minimum Gasteiger partial charge on any atom is -0.479 e. The lowest BCUT2D eigenvalue weighted by atomic mass is 10.3. The van der Waals surface area contributed by atoms with E-state index < -0.39 is 23.6 Å². The van der Waals surface area contributed by atoms with Gasteiger partial charge in [0.25, 0.3) is 5.91 Å². The number of carbonyl (C=O) groups excluding carboxylic acids is 1. The van der Waals surface area contributed by atoms with E-state index in [2.05, 4.69) is 5.32 Å². The summed E-state index contributed by atoms with van der Waals surface area (Å²) in [6, 6.07) is 8.97. The molecule has 0 bridgehead atoms. The summed E-state index contributed by atoms with van der Waals surface area (Å²) in [6.07, 6.45) is -0.849. The zero-order chi connectivity index (χ0) is 15.4. The monoisotopic (exact) mass is 311 g/mol. The summed E-state index contributed by atoms with van der Waals surface area (Å²) in [7, 11) is 0. The van der Waals surface area contributed by atoms with Gasteiger partial charge in [0.2, 0.25) is 0 Å². The molecular formula is C15H12ClF2NO2. The predicted octanol–water partition coefficient (Wildman–Crippen LogP) is 4.02. The zero-order valence-corrected chi connectivity index (χ0v) is 11.8. The van der Waals surface area contributed by atoms with Crippen molar-refractivity contribution in [2.75, 3.05) is 5.32 Å². The van der Waals surface area contributed by atoms with E-state index in [0.717, 1.165) is 6.07 Å². The zero-order valence-electron chi connectivity index (χ0n) is 11.1. The van der Waals surface area contributed by atoms with Gasteiger partial charge in [-0.3, -0.25) is 4.79 Å². The molecule has 1 N–H and O–H groups in total. The second kappa shape index (κ2) is 6.54. The van der Waals surface area contributed by atoms with Crippen LogP contribution in [0.2, 0.25) is 5.02 Å². The Balaban J connectivity index is 2.00. The topological polar surface area (TPSA) is 38.3 Å². The van der Waals surface area contributed by atoms with Crippen molar-refractivity contribution >= 4 is 23.2 Å². The Kier molecular flexibility index (Phi) is 4.75. The van der Waals surface area contributed by atoms with Crippen LogP contribution in [-0.2, 0) is 4.79 Å². The van der Waals surface area contributed by atoms with E-state index in [-0.39, 0.29) is 10.8 Å². The Hall–Kier alpha value is -2.14. The molecule has 0 radical (unpaired) electrons. The van der Waals surface area contributed by atoms with Gasteiger partial charge in [-0.15, -0.1) is 0 Å². The van der Waals surface area contributed by atoms with E-state index in [1.807, 2.05) is 0 Å². The van der Waals surface area contributed by atoms with Crippen LogP contribution < -0.4 is 10.1 Å². The Morgan fingerprint density at radius 1 is 1.14 bits per heavy atom. The molecular weight excluding hydrogens is 300 g/mol. The van der Waals surface area contributed by atoms with Crippen molar-refractivity contribution in [3.8, 4) is 5.75 Å². The maximum atomic E-state index is 12.9. The van der Waals surface area contributed by atoms with Crippen LogP contribution in [0.25, 0.3) is 0 Å². The average Bonchev–Trinajstić information content (AvgIpc) is 2.44. The maximum Gasteiger partial charge on any atom is 0.265 e. The lowest BCUT2D eigenvalue weighted by Gasteiger charge is -2.15. The highest BCUT2D eigenvalue weighted by Gasteiger charge is 2.16. The molecule has 0 aliphatic carbocycles. The van der Waals surface area contributed by atoms with Crippen molar-refractivity contribution in [1.82, 2.24) is 0 Å². The van der Waals surface area contributed by atoms with Gasteiger partial charge in [-0.05, 0) is 49.4 Å². The first-order valence-electron chi connectivity index (χ1n) is 6.14. The van der Waals surface area contributed by atoms with Gasteiger partial charge in [0.15, 0.2) is 6.10 Å². The number of carbonyl (C=O) groups is 1. The molecule has 3 nitrogen and oxygen atoms in total. The van der Waals surface area contributed by atoms with Crippen molar-refractivity contribution in [2.24, 2.45) is 0 Å². The van der Waals surface area contributed by atoms with Crippen LogP contribution in [0, 0.1) is 11.6 Å². The minimum absolute atomic E-state index is 0.0800. The first-order valence-corrected chi connectivity index (χ1v) is 6.51. The molecule has 0 aromatic heterocycles. The molecule has 0 heterocycles. The fourth-order valence-corrected chi connectivity index (χ4v) is 1.80. The molecule has 0 saturated heterocycles. The standard InChI is InChI=1S/C15H12ClF2NO2/c1-9(21-14-7-4-11(18)8-13(14)16)15(20)19-12-5-2-10(17)3-6-12/h2-9H,1H3,(H,19,20)/t9-/m1/s1. The number of amides is 1. The third-order valence-corrected chi connectivity index (χ3v) is 2.97. The van der Waals surface area contributed by atoms with Crippen molar-refractivity contribution in [3.63, 3.8) is 0 Å². The predicted molar refractivity (Wildman–Crippen MR) is 76.5 cm³/mol. The Morgan fingerprint density at radius 3 is 2.38 bits per heavy atom. The molecule has 0 spiro atoms. The van der Waals surface area contributed by atoms with Gasteiger partial charge in [0, 0.05) is 5.69 Å². The number of anilines is 1. The SMILES string of the molecule is C[C@@H](Oc1ccc(F)cc1Cl)C(=O)Nc1ccc(F)cc1. The molecule has 2 aromatic rings. The molecule has 0 aliphatic heterocycles. The number of ether oxygens (including phenoxy) is 1. The van der Waals surface area contributed by atoms with Crippen LogP contribution in [-0.4, -0.2) is 12.0 Å². The molecule has 1 atom stereocenters. The number of hydrogen-bond acceptors (Lipinski definition) is 2. The van der Waals surface area contributed by atoms with Crippen LogP contribution >= 0.6 is 11.6 Å². The van der Waals surface area contributed by atoms with E-state index in [1.165, 1.54) is 43.3 Å². The molecule has 0 saturated carbocycles. The highest BCUT2D eigenvalue weighted by atomic mass is 35.5. The smallest absolute Gasteiger partial charge is 0.265 e. The fourth-order valence-electron chi connectivity index (χ4n) is 1.59. The Bertz CT molecular complexity index is 647.